The minimum absolute atomic E-state index is 0.0170. The third-order valence-electron chi connectivity index (χ3n) is 4.46. The number of rotatable bonds is 24. The summed E-state index contributed by atoms with van der Waals surface area (Å²) in [5.74, 6) is -1.31. The maximum atomic E-state index is 11.7. The summed E-state index contributed by atoms with van der Waals surface area (Å²) < 4.78 is 21.1. The van der Waals surface area contributed by atoms with Crippen LogP contribution >= 0.6 is 0 Å². The van der Waals surface area contributed by atoms with E-state index in [-0.39, 0.29) is 37.4 Å². The van der Waals surface area contributed by atoms with E-state index in [2.05, 4.69) is 10.6 Å². The minimum atomic E-state index is -1.02. The van der Waals surface area contributed by atoms with Gasteiger partial charge in [0.15, 0.2) is 5.78 Å². The Labute approximate surface area is 201 Å². The van der Waals surface area contributed by atoms with E-state index in [9.17, 15) is 19.2 Å². The largest absolute Gasteiger partial charge is 0.480 e. The van der Waals surface area contributed by atoms with Gasteiger partial charge in [-0.15, -0.1) is 0 Å². The van der Waals surface area contributed by atoms with Gasteiger partial charge < -0.3 is 40.4 Å². The lowest BCUT2D eigenvalue weighted by atomic mass is 10.1. The number of hydrogen-bond acceptors (Lipinski definition) is 9. The summed E-state index contributed by atoms with van der Waals surface area (Å²) in [6.07, 6.45) is 3.00. The van der Waals surface area contributed by atoms with E-state index in [1.165, 1.54) is 0 Å². The molecular formula is C22H41N3O9. The molecule has 34 heavy (non-hydrogen) atoms. The first-order valence-corrected chi connectivity index (χ1v) is 11.7. The molecule has 0 heterocycles. The van der Waals surface area contributed by atoms with Gasteiger partial charge in [-0.1, -0.05) is 6.92 Å². The van der Waals surface area contributed by atoms with Crippen LogP contribution < -0.4 is 16.4 Å². The molecule has 198 valence electrons. The van der Waals surface area contributed by atoms with Gasteiger partial charge in [-0.25, -0.2) is 0 Å². The average Bonchev–Trinajstić information content (AvgIpc) is 2.81. The van der Waals surface area contributed by atoms with Crippen LogP contribution in [0.5, 0.6) is 0 Å². The Balaban J connectivity index is 3.35. The van der Waals surface area contributed by atoms with Crippen molar-refractivity contribution in [3.05, 3.63) is 0 Å². The van der Waals surface area contributed by atoms with Crippen LogP contribution in [0.1, 0.15) is 45.4 Å². The van der Waals surface area contributed by atoms with Gasteiger partial charge in [-0.3, -0.25) is 19.2 Å². The van der Waals surface area contributed by atoms with Crippen LogP contribution in [-0.2, 0) is 38.1 Å². The molecule has 1 atom stereocenters. The monoisotopic (exact) mass is 491 g/mol. The van der Waals surface area contributed by atoms with Crippen molar-refractivity contribution < 1.29 is 43.2 Å². The quantitative estimate of drug-likeness (QED) is 0.130. The molecule has 5 N–H and O–H groups in total. The van der Waals surface area contributed by atoms with Crippen molar-refractivity contribution in [1.29, 1.82) is 0 Å². The smallest absolute Gasteiger partial charge is 0.320 e. The SMILES string of the molecule is CCC(=O)NCCOCCOCC(=O)CCCOCCOCC(=O)NCCCCC(N)C(=O)O. The van der Waals surface area contributed by atoms with Crippen LogP contribution in [0.4, 0.5) is 0 Å². The van der Waals surface area contributed by atoms with Crippen LogP contribution in [0.3, 0.4) is 0 Å². The molecule has 0 saturated carbocycles. The molecule has 0 fully saturated rings. The second-order valence-corrected chi connectivity index (χ2v) is 7.47. The summed E-state index contributed by atoms with van der Waals surface area (Å²) in [5.41, 5.74) is 5.40. The Morgan fingerprint density at radius 1 is 0.765 bits per heavy atom. The van der Waals surface area contributed by atoms with Gasteiger partial charge in [-0.2, -0.15) is 0 Å². The van der Waals surface area contributed by atoms with Crippen LogP contribution in [0.2, 0.25) is 0 Å². The zero-order valence-corrected chi connectivity index (χ0v) is 20.2. The number of amides is 2. The second kappa shape index (κ2) is 22.7. The standard InChI is InChI=1S/C22H41N3O9/c1-2-20(27)25-9-11-32-13-14-33-16-18(26)6-5-10-31-12-15-34-17-21(28)24-8-4-3-7-19(23)22(29)30/h19H,2-17,23H2,1H3,(H,24,28)(H,25,27)(H,29,30). The Kier molecular flexibility index (Phi) is 21.2. The van der Waals surface area contributed by atoms with Crippen molar-refractivity contribution in [2.45, 2.75) is 51.5 Å². The van der Waals surface area contributed by atoms with E-state index in [1.807, 2.05) is 0 Å². The fourth-order valence-electron chi connectivity index (χ4n) is 2.51. The van der Waals surface area contributed by atoms with Crippen molar-refractivity contribution in [3.63, 3.8) is 0 Å². The number of unbranched alkanes of at least 4 members (excludes halogenated alkanes) is 1. The first kappa shape index (κ1) is 31.9. The Morgan fingerprint density at radius 2 is 1.38 bits per heavy atom. The fraction of sp³-hybridized carbons (Fsp3) is 0.818. The number of hydrogen-bond donors (Lipinski definition) is 4. The van der Waals surface area contributed by atoms with Crippen molar-refractivity contribution >= 4 is 23.6 Å². The van der Waals surface area contributed by atoms with Crippen molar-refractivity contribution in [2.75, 3.05) is 65.9 Å². The lowest BCUT2D eigenvalue weighted by molar-refractivity contribution is -0.138. The highest BCUT2D eigenvalue weighted by Gasteiger charge is 2.10. The van der Waals surface area contributed by atoms with Crippen LogP contribution in [-0.4, -0.2) is 101 Å². The van der Waals surface area contributed by atoms with Gasteiger partial charge in [0, 0.05) is 32.5 Å². The molecule has 0 rings (SSSR count). The van der Waals surface area contributed by atoms with Crippen LogP contribution in [0, 0.1) is 0 Å². The van der Waals surface area contributed by atoms with E-state index in [4.69, 9.17) is 29.8 Å². The summed E-state index contributed by atoms with van der Waals surface area (Å²) >= 11 is 0. The molecule has 2 amide bonds. The molecule has 0 aromatic carbocycles. The normalized spacial score (nSPS) is 11.7. The van der Waals surface area contributed by atoms with E-state index < -0.39 is 12.0 Å². The number of ether oxygens (including phenoxy) is 4. The van der Waals surface area contributed by atoms with Crippen molar-refractivity contribution in [3.8, 4) is 0 Å². The molecule has 12 nitrogen and oxygen atoms in total. The number of nitrogens with one attached hydrogen (secondary N) is 2. The zero-order valence-electron chi connectivity index (χ0n) is 20.2. The van der Waals surface area contributed by atoms with Crippen LogP contribution in [0.25, 0.3) is 0 Å². The minimum Gasteiger partial charge on any atom is -0.480 e. The highest BCUT2D eigenvalue weighted by molar-refractivity contribution is 5.79. The molecule has 1 unspecified atom stereocenters. The molecule has 0 spiro atoms. The maximum Gasteiger partial charge on any atom is 0.320 e. The predicted octanol–water partition coefficient (Wildman–Crippen LogP) is -0.373. The zero-order chi connectivity index (χ0) is 25.4. The second-order valence-electron chi connectivity index (χ2n) is 7.47. The molecule has 0 aliphatic rings. The van der Waals surface area contributed by atoms with E-state index >= 15 is 0 Å². The van der Waals surface area contributed by atoms with Gasteiger partial charge in [0.25, 0.3) is 0 Å². The third-order valence-corrected chi connectivity index (χ3v) is 4.46. The van der Waals surface area contributed by atoms with E-state index in [1.54, 1.807) is 6.92 Å². The Morgan fingerprint density at radius 3 is 2.06 bits per heavy atom. The van der Waals surface area contributed by atoms with Gasteiger partial charge in [-0.05, 0) is 25.7 Å². The first-order chi connectivity index (χ1) is 16.4. The molecule has 12 heteroatoms. The maximum absolute atomic E-state index is 11.7. The average molecular weight is 492 g/mol. The highest BCUT2D eigenvalue weighted by atomic mass is 16.5. The van der Waals surface area contributed by atoms with Gasteiger partial charge in [0.05, 0.1) is 33.0 Å². The molecule has 0 aromatic heterocycles. The number of aliphatic carboxylic acids is 1. The topological polar surface area (TPSA) is 176 Å². The lowest BCUT2D eigenvalue weighted by Gasteiger charge is -2.08. The number of carbonyl (C=O) groups is 4. The highest BCUT2D eigenvalue weighted by Crippen LogP contribution is 1.98. The van der Waals surface area contributed by atoms with E-state index in [0.29, 0.717) is 84.6 Å². The van der Waals surface area contributed by atoms with Crippen molar-refractivity contribution in [1.82, 2.24) is 10.6 Å². The summed E-state index contributed by atoms with van der Waals surface area (Å²) in [5, 5.41) is 14.0. The summed E-state index contributed by atoms with van der Waals surface area (Å²) in [6, 6.07) is -0.867. The van der Waals surface area contributed by atoms with Crippen molar-refractivity contribution in [2.24, 2.45) is 5.73 Å². The summed E-state index contributed by atoms with van der Waals surface area (Å²) in [4.78, 5) is 44.9. The van der Waals surface area contributed by atoms with E-state index in [0.717, 1.165) is 0 Å². The lowest BCUT2D eigenvalue weighted by Crippen LogP contribution is -2.31. The molecular weight excluding hydrogens is 450 g/mol. The van der Waals surface area contributed by atoms with Gasteiger partial charge in [0.2, 0.25) is 11.8 Å². The molecule has 0 saturated heterocycles. The molecule has 0 aliphatic carbocycles. The van der Waals surface area contributed by atoms with Gasteiger partial charge in [0.1, 0.15) is 19.3 Å². The number of carboxylic acid groups (broad SMARTS) is 1. The predicted molar refractivity (Wildman–Crippen MR) is 123 cm³/mol. The Hall–Kier alpha value is -2.12. The number of carbonyl (C=O) groups excluding carboxylic acids is 3. The number of Topliss-reactive ketones (excluding diaryl/α,β-unsaturated/α-hetero) is 1. The fourth-order valence-corrected chi connectivity index (χ4v) is 2.51. The first-order valence-electron chi connectivity index (χ1n) is 11.7. The van der Waals surface area contributed by atoms with Crippen LogP contribution in [0.15, 0.2) is 0 Å². The summed E-state index contributed by atoms with van der Waals surface area (Å²) in [6.45, 7) is 4.69. The van der Waals surface area contributed by atoms with Gasteiger partial charge >= 0.3 is 5.97 Å². The number of nitrogens with two attached hydrogens (primary N) is 1. The molecule has 0 aliphatic heterocycles. The third kappa shape index (κ3) is 21.7. The Bertz CT molecular complexity index is 576. The molecule has 0 bridgehead atoms. The molecule has 0 radical (unpaired) electrons. The summed E-state index contributed by atoms with van der Waals surface area (Å²) in [7, 11) is 0. The number of carboxylic acids is 1. The number of ketones is 1. The molecule has 0 aromatic rings.